The van der Waals surface area contributed by atoms with Crippen LogP contribution in [-0.2, 0) is 12.5 Å². The minimum Gasteiger partial charge on any atom is -0.301 e. The van der Waals surface area contributed by atoms with Crippen LogP contribution in [0, 0.1) is 0 Å². The lowest BCUT2D eigenvalue weighted by atomic mass is 10.6. The number of rotatable bonds is 8. The minimum absolute atomic E-state index is 0.687. The molecule has 0 aromatic rings. The Labute approximate surface area is 87.8 Å². The van der Waals surface area contributed by atoms with Gasteiger partial charge in [0.1, 0.15) is 0 Å². The van der Waals surface area contributed by atoms with Crippen LogP contribution in [0.25, 0.3) is 0 Å². The predicted molar refractivity (Wildman–Crippen MR) is 57.5 cm³/mol. The molecule has 0 unspecified atom stereocenters. The Hall–Kier alpha value is 0.810. The molecular formula is C6H15O4PS2. The molecular weight excluding hydrogens is 231 g/mol. The van der Waals surface area contributed by atoms with Crippen LogP contribution in [0.2, 0.25) is 0 Å². The molecule has 0 spiro atoms. The summed E-state index contributed by atoms with van der Waals surface area (Å²) in [7, 11) is -3.83. The molecule has 0 aromatic heterocycles. The Bertz CT molecular complexity index is 153. The van der Waals surface area contributed by atoms with Gasteiger partial charge < -0.3 is 4.89 Å². The second-order valence-corrected chi connectivity index (χ2v) is 5.68. The summed E-state index contributed by atoms with van der Waals surface area (Å²) in [6, 6.07) is 0. The van der Waals surface area contributed by atoms with Crippen molar-refractivity contribution in [2.45, 2.75) is 26.7 Å². The topological polar surface area (TPSA) is 55.8 Å². The first-order chi connectivity index (χ1) is 6.12. The van der Waals surface area contributed by atoms with Crippen LogP contribution in [0.4, 0.5) is 0 Å². The smallest absolute Gasteiger partial charge is 0.301 e. The van der Waals surface area contributed by atoms with Gasteiger partial charge in [0.05, 0.1) is 0 Å². The molecule has 0 aliphatic carbocycles. The van der Waals surface area contributed by atoms with Gasteiger partial charge >= 0.3 is 7.82 Å². The largest absolute Gasteiger partial charge is 0.494 e. The molecule has 4 nitrogen and oxygen atoms in total. The average molecular weight is 246 g/mol. The van der Waals surface area contributed by atoms with Gasteiger partial charge in [-0.05, 0) is 12.8 Å². The SMILES string of the molecule is CCCSOP(=O)(O)OSCCC. The van der Waals surface area contributed by atoms with Gasteiger partial charge in [0, 0.05) is 35.6 Å². The summed E-state index contributed by atoms with van der Waals surface area (Å²) in [5.41, 5.74) is 0. The fourth-order valence-corrected chi connectivity index (χ4v) is 2.71. The lowest BCUT2D eigenvalue weighted by Gasteiger charge is -2.08. The number of hydrogen-bond acceptors (Lipinski definition) is 5. The van der Waals surface area contributed by atoms with E-state index in [9.17, 15) is 4.57 Å². The van der Waals surface area contributed by atoms with Crippen LogP contribution in [0.1, 0.15) is 26.7 Å². The maximum atomic E-state index is 11.0. The molecule has 1 N–H and O–H groups in total. The summed E-state index contributed by atoms with van der Waals surface area (Å²) in [6.45, 7) is 3.93. The molecule has 0 saturated carbocycles. The fraction of sp³-hybridized carbons (Fsp3) is 1.00. The van der Waals surface area contributed by atoms with Crippen molar-refractivity contribution >= 4 is 31.9 Å². The molecule has 0 heterocycles. The molecule has 0 radical (unpaired) electrons. The van der Waals surface area contributed by atoms with Crippen molar-refractivity contribution in [2.75, 3.05) is 11.5 Å². The Morgan fingerprint density at radius 1 is 1.15 bits per heavy atom. The van der Waals surface area contributed by atoms with E-state index in [1.165, 1.54) is 0 Å². The normalized spacial score (nSPS) is 11.9. The highest BCUT2D eigenvalue weighted by Gasteiger charge is 2.22. The summed E-state index contributed by atoms with van der Waals surface area (Å²) < 4.78 is 20.2. The van der Waals surface area contributed by atoms with E-state index in [-0.39, 0.29) is 0 Å². The molecule has 80 valence electrons. The van der Waals surface area contributed by atoms with Crippen molar-refractivity contribution in [2.24, 2.45) is 0 Å². The molecule has 0 atom stereocenters. The Morgan fingerprint density at radius 2 is 1.54 bits per heavy atom. The molecule has 13 heavy (non-hydrogen) atoms. The van der Waals surface area contributed by atoms with Crippen molar-refractivity contribution in [3.63, 3.8) is 0 Å². The van der Waals surface area contributed by atoms with Crippen LogP contribution in [0.15, 0.2) is 0 Å². The first-order valence-electron chi connectivity index (χ1n) is 4.07. The van der Waals surface area contributed by atoms with Gasteiger partial charge in [0.15, 0.2) is 0 Å². The van der Waals surface area contributed by atoms with Gasteiger partial charge in [0.2, 0.25) is 0 Å². The maximum Gasteiger partial charge on any atom is 0.494 e. The summed E-state index contributed by atoms with van der Waals surface area (Å²) in [5.74, 6) is 1.37. The third kappa shape index (κ3) is 9.12. The summed E-state index contributed by atoms with van der Waals surface area (Å²) >= 11 is 1.93. The molecule has 0 amide bonds. The van der Waals surface area contributed by atoms with Gasteiger partial charge in [-0.2, -0.15) is 0 Å². The van der Waals surface area contributed by atoms with Crippen molar-refractivity contribution in [3.8, 4) is 0 Å². The quantitative estimate of drug-likeness (QED) is 0.403. The predicted octanol–water partition coefficient (Wildman–Crippen LogP) is 3.24. The first kappa shape index (κ1) is 13.8. The number of phosphoric acid groups is 1. The Morgan fingerprint density at radius 3 is 1.85 bits per heavy atom. The lowest BCUT2D eigenvalue weighted by Crippen LogP contribution is -1.85. The molecule has 0 bridgehead atoms. The summed E-state index contributed by atoms with van der Waals surface area (Å²) in [4.78, 5) is 9.04. The van der Waals surface area contributed by atoms with E-state index in [1.807, 2.05) is 13.8 Å². The molecule has 0 aliphatic heterocycles. The highest BCUT2D eigenvalue weighted by molar-refractivity contribution is 8.01. The molecule has 0 aliphatic rings. The van der Waals surface area contributed by atoms with Crippen molar-refractivity contribution in [1.29, 1.82) is 0 Å². The molecule has 0 saturated heterocycles. The third-order valence-electron chi connectivity index (χ3n) is 0.869. The average Bonchev–Trinajstić information content (AvgIpc) is 2.05. The zero-order chi connectivity index (χ0) is 10.2. The highest BCUT2D eigenvalue weighted by Crippen LogP contribution is 2.50. The Kier molecular flexibility index (Phi) is 8.65. The molecule has 0 fully saturated rings. The lowest BCUT2D eigenvalue weighted by molar-refractivity contribution is 0.323. The standard InChI is InChI=1S/C6H15O4PS2/c1-3-5-12-9-11(7,8)10-13-6-4-2/h3-6H2,1-2H3,(H,7,8). The van der Waals surface area contributed by atoms with E-state index in [4.69, 9.17) is 4.89 Å². The van der Waals surface area contributed by atoms with Gasteiger partial charge in [-0.15, -0.1) is 0 Å². The van der Waals surface area contributed by atoms with Crippen LogP contribution < -0.4 is 0 Å². The van der Waals surface area contributed by atoms with E-state index in [1.54, 1.807) is 0 Å². The van der Waals surface area contributed by atoms with E-state index >= 15 is 0 Å². The minimum atomic E-state index is -3.83. The van der Waals surface area contributed by atoms with E-state index in [2.05, 4.69) is 7.94 Å². The van der Waals surface area contributed by atoms with Crippen molar-refractivity contribution < 1.29 is 17.4 Å². The second kappa shape index (κ2) is 8.15. The molecule has 0 rings (SSSR count). The van der Waals surface area contributed by atoms with Crippen LogP contribution in [0.5, 0.6) is 0 Å². The molecule has 7 heteroatoms. The zero-order valence-corrected chi connectivity index (χ0v) is 10.3. The van der Waals surface area contributed by atoms with Gasteiger partial charge in [-0.1, -0.05) is 13.8 Å². The van der Waals surface area contributed by atoms with Crippen LogP contribution >= 0.6 is 31.9 Å². The maximum absolute atomic E-state index is 11.0. The second-order valence-electron chi connectivity index (χ2n) is 2.26. The fourth-order valence-electron chi connectivity index (χ4n) is 0.387. The van der Waals surface area contributed by atoms with E-state index in [0.29, 0.717) is 11.5 Å². The van der Waals surface area contributed by atoms with Crippen molar-refractivity contribution in [1.82, 2.24) is 0 Å². The van der Waals surface area contributed by atoms with Gasteiger partial charge in [-0.3, -0.25) is 0 Å². The monoisotopic (exact) mass is 246 g/mol. The van der Waals surface area contributed by atoms with E-state index < -0.39 is 7.82 Å². The van der Waals surface area contributed by atoms with E-state index in [0.717, 1.165) is 36.9 Å². The van der Waals surface area contributed by atoms with Gasteiger partial charge in [0.25, 0.3) is 0 Å². The highest BCUT2D eigenvalue weighted by atomic mass is 32.2. The van der Waals surface area contributed by atoms with Crippen molar-refractivity contribution in [3.05, 3.63) is 0 Å². The Balaban J connectivity index is 3.49. The number of hydrogen-bond donors (Lipinski definition) is 1. The zero-order valence-electron chi connectivity index (χ0n) is 7.76. The van der Waals surface area contributed by atoms with Crippen LogP contribution in [-0.4, -0.2) is 16.4 Å². The summed E-state index contributed by atoms with van der Waals surface area (Å²) in [5, 5.41) is 0. The summed E-state index contributed by atoms with van der Waals surface area (Å²) in [6.07, 6.45) is 1.79. The van der Waals surface area contributed by atoms with Crippen LogP contribution in [0.3, 0.4) is 0 Å². The molecule has 0 aromatic carbocycles. The third-order valence-corrected chi connectivity index (χ3v) is 4.37. The first-order valence-corrected chi connectivity index (χ1v) is 7.39. The van der Waals surface area contributed by atoms with Gasteiger partial charge in [-0.25, -0.2) is 12.5 Å².